The van der Waals surface area contributed by atoms with Gasteiger partial charge in [0.05, 0.1) is 22.7 Å². The number of nitrogens with zero attached hydrogens (tertiary/aromatic N) is 1. The molecule has 0 amide bonds. The van der Waals surface area contributed by atoms with E-state index in [1.54, 1.807) is 12.1 Å². The Morgan fingerprint density at radius 3 is 2.67 bits per heavy atom. The summed E-state index contributed by atoms with van der Waals surface area (Å²) in [6, 6.07) is 14.4. The number of nitrogens with one attached hydrogen (secondary N) is 1. The molecule has 2 aliphatic rings. The molecule has 1 saturated carbocycles. The van der Waals surface area contributed by atoms with Gasteiger partial charge in [-0.1, -0.05) is 30.3 Å². The Labute approximate surface area is 139 Å². The van der Waals surface area contributed by atoms with Crippen molar-refractivity contribution in [1.82, 2.24) is 0 Å². The first kappa shape index (κ1) is 14.8. The number of Topliss-reactive ketones (excluding diaryl/α,β-unsaturated/α-hetero) is 1. The minimum atomic E-state index is -0.257. The third-order valence-corrected chi connectivity index (χ3v) is 4.64. The van der Waals surface area contributed by atoms with E-state index in [4.69, 9.17) is 4.99 Å². The number of hydrogen-bond acceptors (Lipinski definition) is 3. The monoisotopic (exact) mass is 320 g/mol. The molecule has 2 aromatic carbocycles. The largest absolute Gasteiger partial charge is 0.357 e. The quantitative estimate of drug-likeness (QED) is 0.824. The molecule has 1 N–H and O–H groups in total. The summed E-state index contributed by atoms with van der Waals surface area (Å²) in [4.78, 5) is 17.5. The van der Waals surface area contributed by atoms with Crippen molar-refractivity contribution in [3.8, 4) is 0 Å². The van der Waals surface area contributed by atoms with Gasteiger partial charge in [-0.2, -0.15) is 0 Å². The molecule has 1 atom stereocenters. The molecule has 0 aromatic heterocycles. The van der Waals surface area contributed by atoms with Gasteiger partial charge in [0.25, 0.3) is 0 Å². The zero-order chi connectivity index (χ0) is 16.7. The number of halogens is 1. The maximum absolute atomic E-state index is 14.1. The van der Waals surface area contributed by atoms with E-state index in [-0.39, 0.29) is 17.5 Å². The number of para-hydroxylation sites is 2. The van der Waals surface area contributed by atoms with Gasteiger partial charge in [-0.3, -0.25) is 9.79 Å². The molecular formula is C20H17FN2O. The number of ketones is 1. The summed E-state index contributed by atoms with van der Waals surface area (Å²) in [5.74, 6) is -0.405. The van der Waals surface area contributed by atoms with Crippen molar-refractivity contribution in [2.45, 2.75) is 25.7 Å². The normalized spacial score (nSPS) is 19.8. The highest BCUT2D eigenvalue weighted by atomic mass is 19.1. The van der Waals surface area contributed by atoms with Gasteiger partial charge in [-0.05, 0) is 43.0 Å². The number of benzene rings is 2. The second-order valence-electron chi connectivity index (χ2n) is 6.25. The first-order valence-corrected chi connectivity index (χ1v) is 8.06. The first-order valence-electron chi connectivity index (χ1n) is 8.06. The molecule has 1 aliphatic heterocycles. The molecule has 0 radical (unpaired) electrons. The number of hydrogen-bond donors (Lipinski definition) is 1. The Kier molecular flexibility index (Phi) is 3.53. The van der Waals surface area contributed by atoms with E-state index in [1.165, 1.54) is 6.07 Å². The molecule has 0 unspecified atom stereocenters. The van der Waals surface area contributed by atoms with Crippen LogP contribution in [0.2, 0.25) is 0 Å². The SMILES string of the molecule is CC1=C2C(=O)C[C@H](c3ccccc3F)CC2=Nc2ccccc2N1. The third-order valence-electron chi connectivity index (χ3n) is 4.64. The molecule has 0 saturated heterocycles. The molecule has 2 aromatic rings. The second-order valence-corrected chi connectivity index (χ2v) is 6.25. The fourth-order valence-electron chi connectivity index (χ4n) is 3.53. The molecule has 24 heavy (non-hydrogen) atoms. The molecular weight excluding hydrogens is 303 g/mol. The number of anilines is 1. The molecule has 1 aliphatic carbocycles. The second kappa shape index (κ2) is 5.71. The van der Waals surface area contributed by atoms with E-state index in [0.29, 0.717) is 24.0 Å². The van der Waals surface area contributed by atoms with Gasteiger partial charge in [0.1, 0.15) is 5.82 Å². The van der Waals surface area contributed by atoms with Crippen LogP contribution in [0.25, 0.3) is 0 Å². The summed E-state index contributed by atoms with van der Waals surface area (Å²) in [7, 11) is 0. The van der Waals surface area contributed by atoms with E-state index < -0.39 is 0 Å². The molecule has 0 bridgehead atoms. The highest BCUT2D eigenvalue weighted by Gasteiger charge is 2.33. The lowest BCUT2D eigenvalue weighted by Gasteiger charge is -2.25. The van der Waals surface area contributed by atoms with Crippen LogP contribution in [0, 0.1) is 5.82 Å². The Balaban J connectivity index is 1.80. The molecule has 4 rings (SSSR count). The number of carbonyl (C=O) groups excluding carboxylic acids is 1. The zero-order valence-electron chi connectivity index (χ0n) is 13.3. The van der Waals surface area contributed by atoms with Gasteiger partial charge < -0.3 is 5.32 Å². The van der Waals surface area contributed by atoms with Crippen LogP contribution in [0.5, 0.6) is 0 Å². The van der Waals surface area contributed by atoms with Crippen LogP contribution in [0.4, 0.5) is 15.8 Å². The van der Waals surface area contributed by atoms with E-state index in [2.05, 4.69) is 5.32 Å². The van der Waals surface area contributed by atoms with Crippen molar-refractivity contribution in [2.75, 3.05) is 5.32 Å². The number of fused-ring (bicyclic) bond motifs is 2. The number of aliphatic imine (C=N–C) groups is 1. The van der Waals surface area contributed by atoms with Crippen molar-refractivity contribution < 1.29 is 9.18 Å². The number of carbonyl (C=O) groups is 1. The highest BCUT2D eigenvalue weighted by molar-refractivity contribution is 6.26. The van der Waals surface area contributed by atoms with Gasteiger partial charge in [0.15, 0.2) is 5.78 Å². The van der Waals surface area contributed by atoms with Crippen LogP contribution in [-0.2, 0) is 4.79 Å². The minimum absolute atomic E-state index is 0.0195. The molecule has 3 nitrogen and oxygen atoms in total. The van der Waals surface area contributed by atoms with Gasteiger partial charge >= 0.3 is 0 Å². The van der Waals surface area contributed by atoms with Gasteiger partial charge in [-0.25, -0.2) is 4.39 Å². The van der Waals surface area contributed by atoms with Crippen LogP contribution >= 0.6 is 0 Å². The van der Waals surface area contributed by atoms with Crippen molar-refractivity contribution in [1.29, 1.82) is 0 Å². The Bertz CT molecular complexity index is 898. The summed E-state index contributed by atoms with van der Waals surface area (Å²) in [6.07, 6.45) is 0.875. The maximum atomic E-state index is 14.1. The minimum Gasteiger partial charge on any atom is -0.357 e. The fourth-order valence-corrected chi connectivity index (χ4v) is 3.53. The van der Waals surface area contributed by atoms with Gasteiger partial charge in [0, 0.05) is 12.1 Å². The van der Waals surface area contributed by atoms with Crippen molar-refractivity contribution in [3.05, 3.63) is 71.2 Å². The van der Waals surface area contributed by atoms with Gasteiger partial charge in [-0.15, -0.1) is 0 Å². The van der Waals surface area contributed by atoms with E-state index in [9.17, 15) is 9.18 Å². The van der Waals surface area contributed by atoms with Gasteiger partial charge in [0.2, 0.25) is 0 Å². The van der Waals surface area contributed by atoms with E-state index >= 15 is 0 Å². The third kappa shape index (κ3) is 2.44. The number of rotatable bonds is 1. The van der Waals surface area contributed by atoms with E-state index in [1.807, 2.05) is 37.3 Å². The lowest BCUT2D eigenvalue weighted by Crippen LogP contribution is -2.27. The smallest absolute Gasteiger partial charge is 0.167 e. The van der Waals surface area contributed by atoms with Crippen LogP contribution < -0.4 is 5.32 Å². The lowest BCUT2D eigenvalue weighted by molar-refractivity contribution is -0.115. The molecule has 120 valence electrons. The summed E-state index contributed by atoms with van der Waals surface area (Å²) >= 11 is 0. The molecule has 4 heteroatoms. The van der Waals surface area contributed by atoms with Crippen molar-refractivity contribution in [3.63, 3.8) is 0 Å². The molecule has 1 heterocycles. The lowest BCUT2D eigenvalue weighted by atomic mass is 9.78. The van der Waals surface area contributed by atoms with Crippen LogP contribution in [-0.4, -0.2) is 11.5 Å². The zero-order valence-corrected chi connectivity index (χ0v) is 13.3. The highest BCUT2D eigenvalue weighted by Crippen LogP contribution is 2.38. The Morgan fingerprint density at radius 2 is 1.83 bits per heavy atom. The van der Waals surface area contributed by atoms with Crippen LogP contribution in [0.15, 0.2) is 64.8 Å². The average molecular weight is 320 g/mol. The van der Waals surface area contributed by atoms with Crippen molar-refractivity contribution >= 4 is 22.9 Å². The summed E-state index contributed by atoms with van der Waals surface area (Å²) in [6.45, 7) is 1.90. The van der Waals surface area contributed by atoms with Crippen LogP contribution in [0.1, 0.15) is 31.2 Å². The predicted octanol–water partition coefficient (Wildman–Crippen LogP) is 4.74. The fraction of sp³-hybridized carbons (Fsp3) is 0.200. The Hall–Kier alpha value is -2.75. The first-order chi connectivity index (χ1) is 11.6. The average Bonchev–Trinajstić information content (AvgIpc) is 2.70. The summed E-state index contributed by atoms with van der Waals surface area (Å²) in [5, 5.41) is 3.29. The maximum Gasteiger partial charge on any atom is 0.167 e. The summed E-state index contributed by atoms with van der Waals surface area (Å²) in [5.41, 5.74) is 4.50. The van der Waals surface area contributed by atoms with Crippen molar-refractivity contribution in [2.24, 2.45) is 4.99 Å². The predicted molar refractivity (Wildman–Crippen MR) is 93.2 cm³/mol. The number of allylic oxidation sites excluding steroid dienone is 2. The standard InChI is InChI=1S/C20H17FN2O/c1-12-20-18(23-17-9-5-4-8-16(17)22-12)10-13(11-19(20)24)14-6-2-3-7-15(14)21/h2-9,13,22H,10-11H2,1H3/t13-/m1/s1. The summed E-state index contributed by atoms with van der Waals surface area (Å²) < 4.78 is 14.1. The van der Waals surface area contributed by atoms with Crippen LogP contribution in [0.3, 0.4) is 0 Å². The molecule has 1 fully saturated rings. The topological polar surface area (TPSA) is 41.5 Å². The molecule has 0 spiro atoms. The van der Waals surface area contributed by atoms with E-state index in [0.717, 1.165) is 22.8 Å². The Morgan fingerprint density at radius 1 is 1.08 bits per heavy atom.